The lowest BCUT2D eigenvalue weighted by Gasteiger charge is -2.52. The Bertz CT molecular complexity index is 919. The van der Waals surface area contributed by atoms with Gasteiger partial charge in [0.2, 0.25) is 5.95 Å². The van der Waals surface area contributed by atoms with Crippen molar-refractivity contribution in [3.05, 3.63) is 42.1 Å². The number of nitrogens with one attached hydrogen (secondary N) is 1. The number of carboxylic acid groups (broad SMARTS) is 1. The molecule has 0 aliphatic carbocycles. The zero-order valence-electron chi connectivity index (χ0n) is 17.3. The Kier molecular flexibility index (Phi) is 7.02. The van der Waals surface area contributed by atoms with Crippen molar-refractivity contribution in [2.24, 2.45) is 5.92 Å². The van der Waals surface area contributed by atoms with Gasteiger partial charge in [0.05, 0.1) is 26.0 Å². The van der Waals surface area contributed by atoms with E-state index in [1.54, 1.807) is 24.7 Å². The lowest BCUT2D eigenvalue weighted by Crippen LogP contribution is -2.66. The summed E-state index contributed by atoms with van der Waals surface area (Å²) in [7, 11) is 0. The first-order valence-electron chi connectivity index (χ1n) is 9.88. The molecule has 2 aliphatic heterocycles. The predicted molar refractivity (Wildman–Crippen MR) is 105 cm³/mol. The lowest BCUT2D eigenvalue weighted by molar-refractivity contribution is -0.192. The fourth-order valence-electron chi connectivity index (χ4n) is 3.48. The number of alkyl halides is 3. The number of furan rings is 1. The number of aromatic nitrogens is 2. The summed E-state index contributed by atoms with van der Waals surface area (Å²) in [4.78, 5) is 31.4. The monoisotopic (exact) mass is 456 g/mol. The summed E-state index contributed by atoms with van der Waals surface area (Å²) in [5, 5.41) is 10.4. The fraction of sp³-hybridized carbons (Fsp3) is 0.500. The quantitative estimate of drug-likeness (QED) is 0.721. The van der Waals surface area contributed by atoms with Crippen molar-refractivity contribution < 1.29 is 37.0 Å². The Morgan fingerprint density at radius 3 is 2.47 bits per heavy atom. The van der Waals surface area contributed by atoms with E-state index < -0.39 is 12.1 Å². The van der Waals surface area contributed by atoms with E-state index >= 15 is 0 Å². The fourth-order valence-corrected chi connectivity index (χ4v) is 3.48. The highest BCUT2D eigenvalue weighted by Gasteiger charge is 2.49. The standard InChI is InChI=1S/C18H22N4O3.C2HF3O2/c1-13-4-8-24-15(13)16(23)22-11-18(12-22)5-3-14(10-25-18)9-21-17-19-6-2-7-20-17;3-2(4,5)1(6)7/h2,4,6-8,14H,3,5,9-12H2,1H3,(H,19,20,21);(H,6,7). The first kappa shape index (κ1) is 23.5. The average Bonchev–Trinajstić information content (AvgIpc) is 3.17. The molecule has 2 aromatic heterocycles. The average molecular weight is 456 g/mol. The van der Waals surface area contributed by atoms with Gasteiger partial charge in [-0.1, -0.05) is 0 Å². The first-order valence-corrected chi connectivity index (χ1v) is 9.88. The Morgan fingerprint density at radius 1 is 1.31 bits per heavy atom. The summed E-state index contributed by atoms with van der Waals surface area (Å²) in [6.07, 6.45) is 1.96. The molecule has 1 unspecified atom stereocenters. The van der Waals surface area contributed by atoms with Crippen LogP contribution >= 0.6 is 0 Å². The first-order chi connectivity index (χ1) is 15.1. The van der Waals surface area contributed by atoms with Crippen molar-refractivity contribution in [1.29, 1.82) is 0 Å². The number of rotatable bonds is 4. The number of nitrogens with zero attached hydrogens (tertiary/aromatic N) is 3. The Morgan fingerprint density at radius 2 is 1.97 bits per heavy atom. The number of carbonyl (C=O) groups excluding carboxylic acids is 1. The van der Waals surface area contributed by atoms with Crippen molar-refractivity contribution in [3.63, 3.8) is 0 Å². The zero-order valence-corrected chi connectivity index (χ0v) is 17.3. The van der Waals surface area contributed by atoms with E-state index in [1.165, 1.54) is 0 Å². The molecule has 0 aromatic carbocycles. The van der Waals surface area contributed by atoms with Crippen LogP contribution in [0.25, 0.3) is 0 Å². The van der Waals surface area contributed by atoms with Crippen LogP contribution in [0, 0.1) is 12.8 Å². The van der Waals surface area contributed by atoms with E-state index in [4.69, 9.17) is 19.1 Å². The Labute approximate surface area is 181 Å². The van der Waals surface area contributed by atoms with Crippen LogP contribution in [0.4, 0.5) is 19.1 Å². The van der Waals surface area contributed by atoms with Gasteiger partial charge in [0.25, 0.3) is 5.91 Å². The molecule has 4 rings (SSSR count). The summed E-state index contributed by atoms with van der Waals surface area (Å²) >= 11 is 0. The van der Waals surface area contributed by atoms with Gasteiger partial charge in [-0.05, 0) is 37.8 Å². The van der Waals surface area contributed by atoms with E-state index in [2.05, 4.69) is 15.3 Å². The molecule has 2 saturated heterocycles. The van der Waals surface area contributed by atoms with E-state index in [0.717, 1.165) is 24.9 Å². The Hall–Kier alpha value is -3.15. The largest absolute Gasteiger partial charge is 0.490 e. The third-order valence-corrected chi connectivity index (χ3v) is 5.29. The third-order valence-electron chi connectivity index (χ3n) is 5.29. The van der Waals surface area contributed by atoms with Gasteiger partial charge in [-0.2, -0.15) is 13.2 Å². The third kappa shape index (κ3) is 5.75. The normalized spacial score (nSPS) is 19.5. The number of likely N-dealkylation sites (tertiary alicyclic amines) is 1. The maximum Gasteiger partial charge on any atom is 0.490 e. The van der Waals surface area contributed by atoms with Crippen molar-refractivity contribution >= 4 is 17.8 Å². The molecule has 4 heterocycles. The minimum Gasteiger partial charge on any atom is -0.475 e. The van der Waals surface area contributed by atoms with E-state index in [0.29, 0.717) is 37.3 Å². The molecular weight excluding hydrogens is 433 g/mol. The molecule has 1 atom stereocenters. The highest BCUT2D eigenvalue weighted by atomic mass is 19.4. The molecule has 1 amide bonds. The molecule has 2 N–H and O–H groups in total. The number of hydrogen-bond donors (Lipinski definition) is 2. The number of hydrogen-bond acceptors (Lipinski definition) is 7. The molecule has 174 valence electrons. The molecular formula is C20H23F3N4O5. The maximum absolute atomic E-state index is 12.4. The minimum atomic E-state index is -5.08. The van der Waals surface area contributed by atoms with Crippen LogP contribution in [0.5, 0.6) is 0 Å². The summed E-state index contributed by atoms with van der Waals surface area (Å²) < 4.78 is 43.2. The second-order valence-electron chi connectivity index (χ2n) is 7.75. The second kappa shape index (κ2) is 9.55. The molecule has 1 spiro atoms. The molecule has 2 fully saturated rings. The van der Waals surface area contributed by atoms with Crippen LogP contribution in [-0.2, 0) is 9.53 Å². The van der Waals surface area contributed by atoms with Gasteiger partial charge in [-0.3, -0.25) is 4.79 Å². The zero-order chi connectivity index (χ0) is 23.4. The van der Waals surface area contributed by atoms with Crippen molar-refractivity contribution in [2.45, 2.75) is 31.5 Å². The van der Waals surface area contributed by atoms with Gasteiger partial charge < -0.3 is 24.5 Å². The number of ether oxygens (including phenoxy) is 1. The van der Waals surface area contributed by atoms with Crippen molar-refractivity contribution in [1.82, 2.24) is 14.9 Å². The van der Waals surface area contributed by atoms with Crippen LogP contribution in [0.15, 0.2) is 35.2 Å². The van der Waals surface area contributed by atoms with Crippen LogP contribution < -0.4 is 5.32 Å². The van der Waals surface area contributed by atoms with Gasteiger partial charge in [-0.25, -0.2) is 14.8 Å². The smallest absolute Gasteiger partial charge is 0.475 e. The van der Waals surface area contributed by atoms with Crippen molar-refractivity contribution in [3.8, 4) is 0 Å². The molecule has 0 bridgehead atoms. The van der Waals surface area contributed by atoms with E-state index in [9.17, 15) is 18.0 Å². The second-order valence-corrected chi connectivity index (χ2v) is 7.75. The Balaban J connectivity index is 0.000000360. The van der Waals surface area contributed by atoms with Crippen LogP contribution in [0.3, 0.4) is 0 Å². The molecule has 32 heavy (non-hydrogen) atoms. The predicted octanol–water partition coefficient (Wildman–Crippen LogP) is 2.74. The van der Waals surface area contributed by atoms with Gasteiger partial charge in [0.1, 0.15) is 5.60 Å². The summed E-state index contributed by atoms with van der Waals surface area (Å²) in [5.74, 6) is -1.27. The number of carbonyl (C=O) groups is 2. The maximum atomic E-state index is 12.4. The highest BCUT2D eigenvalue weighted by molar-refractivity contribution is 5.93. The number of amides is 1. The number of carboxylic acids is 1. The van der Waals surface area contributed by atoms with Crippen LogP contribution in [-0.4, -0.2) is 69.9 Å². The van der Waals surface area contributed by atoms with Gasteiger partial charge >= 0.3 is 12.1 Å². The van der Waals surface area contributed by atoms with Gasteiger partial charge in [-0.15, -0.1) is 0 Å². The van der Waals surface area contributed by atoms with Crippen molar-refractivity contribution in [2.75, 3.05) is 31.6 Å². The lowest BCUT2D eigenvalue weighted by atomic mass is 9.82. The summed E-state index contributed by atoms with van der Waals surface area (Å²) in [5.41, 5.74) is 0.709. The molecule has 12 heteroatoms. The number of anilines is 1. The SMILES string of the molecule is Cc1ccoc1C(=O)N1CC2(CCC(CNc3ncccn3)CO2)C1.O=C(O)C(F)(F)F. The van der Waals surface area contributed by atoms with E-state index in [1.807, 2.05) is 17.9 Å². The molecule has 2 aromatic rings. The molecule has 2 aliphatic rings. The summed E-state index contributed by atoms with van der Waals surface area (Å²) in [6, 6.07) is 3.61. The topological polar surface area (TPSA) is 118 Å². The van der Waals surface area contributed by atoms with Gasteiger partial charge in [0.15, 0.2) is 5.76 Å². The molecule has 9 nitrogen and oxygen atoms in total. The summed E-state index contributed by atoms with van der Waals surface area (Å²) in [6.45, 7) is 4.68. The van der Waals surface area contributed by atoms with Crippen LogP contribution in [0.2, 0.25) is 0 Å². The highest BCUT2D eigenvalue weighted by Crippen LogP contribution is 2.37. The number of halogens is 3. The van der Waals surface area contributed by atoms with Crippen LogP contribution in [0.1, 0.15) is 29.0 Å². The van der Waals surface area contributed by atoms with E-state index in [-0.39, 0.29) is 11.5 Å². The minimum absolute atomic E-state index is 0.0401. The number of aliphatic carboxylic acids is 1. The molecule has 0 radical (unpaired) electrons. The number of aryl methyl sites for hydroxylation is 1. The molecule has 0 saturated carbocycles. The van der Waals surface area contributed by atoms with Gasteiger partial charge in [0, 0.05) is 24.5 Å².